The van der Waals surface area contributed by atoms with Crippen LogP contribution in [0.25, 0.3) is 0 Å². The number of benzene rings is 2. The van der Waals surface area contributed by atoms with Crippen LogP contribution in [0.15, 0.2) is 53.4 Å². The van der Waals surface area contributed by atoms with Gasteiger partial charge in [0.1, 0.15) is 6.54 Å². The maximum absolute atomic E-state index is 13.2. The number of nitrogens with zero attached hydrogens (tertiary/aromatic N) is 1. The van der Waals surface area contributed by atoms with Crippen molar-refractivity contribution >= 4 is 33.2 Å². The minimum atomic E-state index is -3.93. The zero-order chi connectivity index (χ0) is 21.4. The van der Waals surface area contributed by atoms with Crippen LogP contribution in [0, 0.1) is 6.92 Å². The van der Waals surface area contributed by atoms with Gasteiger partial charge in [0.25, 0.3) is 10.0 Å². The molecule has 0 aliphatic carbocycles. The van der Waals surface area contributed by atoms with E-state index in [0.717, 1.165) is 4.31 Å². The van der Waals surface area contributed by atoms with Gasteiger partial charge >= 0.3 is 0 Å². The Morgan fingerprint density at radius 2 is 1.86 bits per heavy atom. The highest BCUT2D eigenvalue weighted by Gasteiger charge is 2.28. The van der Waals surface area contributed by atoms with Crippen LogP contribution in [-0.4, -0.2) is 40.1 Å². The van der Waals surface area contributed by atoms with E-state index in [1.54, 1.807) is 43.3 Å². The number of aryl methyl sites for hydroxylation is 1. The van der Waals surface area contributed by atoms with Gasteiger partial charge in [-0.25, -0.2) is 8.42 Å². The Labute approximate surface area is 177 Å². The van der Waals surface area contributed by atoms with Gasteiger partial charge in [0.05, 0.1) is 16.7 Å². The molecule has 0 unspecified atom stereocenters. The Morgan fingerprint density at radius 3 is 2.48 bits per heavy atom. The standard InChI is InChI=1S/C21H27ClN2O4S/c1-16(2)28-13-7-12-23-21(25)15-24(20-11-10-18(22)14-17(20)3)29(26,27)19-8-5-4-6-9-19/h4-6,8-11,14,16H,7,12-13,15H2,1-3H3,(H,23,25). The van der Waals surface area contributed by atoms with Crippen LogP contribution in [0.2, 0.25) is 5.02 Å². The third kappa shape index (κ3) is 6.73. The highest BCUT2D eigenvalue weighted by molar-refractivity contribution is 7.92. The molecule has 1 amide bonds. The van der Waals surface area contributed by atoms with Crippen molar-refractivity contribution < 1.29 is 17.9 Å². The molecule has 0 radical (unpaired) electrons. The maximum atomic E-state index is 13.2. The summed E-state index contributed by atoms with van der Waals surface area (Å²) in [5, 5.41) is 3.26. The predicted molar refractivity (Wildman–Crippen MR) is 116 cm³/mol. The monoisotopic (exact) mass is 438 g/mol. The van der Waals surface area contributed by atoms with Crippen LogP contribution in [-0.2, 0) is 19.6 Å². The summed E-state index contributed by atoms with van der Waals surface area (Å²) in [5.74, 6) is -0.386. The van der Waals surface area contributed by atoms with E-state index in [1.807, 2.05) is 13.8 Å². The number of carbonyl (C=O) groups excluding carboxylic acids is 1. The molecule has 0 heterocycles. The highest BCUT2D eigenvalue weighted by atomic mass is 35.5. The van der Waals surface area contributed by atoms with Crippen molar-refractivity contribution in [2.75, 3.05) is 24.0 Å². The van der Waals surface area contributed by atoms with Gasteiger partial charge in [-0.3, -0.25) is 9.10 Å². The first-order chi connectivity index (χ1) is 13.7. The van der Waals surface area contributed by atoms with Crippen molar-refractivity contribution in [2.24, 2.45) is 0 Å². The molecule has 0 saturated carbocycles. The largest absolute Gasteiger partial charge is 0.379 e. The Bertz CT molecular complexity index is 918. The molecule has 0 atom stereocenters. The van der Waals surface area contributed by atoms with E-state index in [1.165, 1.54) is 12.1 Å². The molecule has 8 heteroatoms. The number of nitrogens with one attached hydrogen (secondary N) is 1. The topological polar surface area (TPSA) is 75.7 Å². The lowest BCUT2D eigenvalue weighted by Gasteiger charge is -2.25. The van der Waals surface area contributed by atoms with E-state index >= 15 is 0 Å². The van der Waals surface area contributed by atoms with Gasteiger partial charge in [0.2, 0.25) is 5.91 Å². The molecule has 0 fully saturated rings. The second-order valence-electron chi connectivity index (χ2n) is 6.88. The molecular weight excluding hydrogens is 412 g/mol. The van der Waals surface area contributed by atoms with E-state index in [4.69, 9.17) is 16.3 Å². The molecular formula is C21H27ClN2O4S. The quantitative estimate of drug-likeness (QED) is 0.573. The fraction of sp³-hybridized carbons (Fsp3) is 0.381. The molecule has 2 aromatic carbocycles. The smallest absolute Gasteiger partial charge is 0.264 e. The summed E-state index contributed by atoms with van der Waals surface area (Å²) in [4.78, 5) is 12.6. The molecule has 0 bridgehead atoms. The van der Waals surface area contributed by atoms with Crippen molar-refractivity contribution in [3.05, 3.63) is 59.1 Å². The third-order valence-electron chi connectivity index (χ3n) is 4.14. The molecule has 0 aliphatic heterocycles. The van der Waals surface area contributed by atoms with Gasteiger partial charge in [-0.15, -0.1) is 0 Å². The van der Waals surface area contributed by atoms with Crippen LogP contribution in [0.1, 0.15) is 25.8 Å². The van der Waals surface area contributed by atoms with Crippen LogP contribution >= 0.6 is 11.6 Å². The molecule has 29 heavy (non-hydrogen) atoms. The van der Waals surface area contributed by atoms with Crippen LogP contribution in [0.5, 0.6) is 0 Å². The number of rotatable bonds is 10. The molecule has 1 N–H and O–H groups in total. The Morgan fingerprint density at radius 1 is 1.17 bits per heavy atom. The minimum absolute atomic E-state index is 0.118. The average Bonchev–Trinajstić information content (AvgIpc) is 2.67. The van der Waals surface area contributed by atoms with Gasteiger partial charge in [0.15, 0.2) is 0 Å². The lowest BCUT2D eigenvalue weighted by Crippen LogP contribution is -2.41. The number of amides is 1. The molecule has 0 saturated heterocycles. The first kappa shape index (κ1) is 23.2. The van der Waals surface area contributed by atoms with Gasteiger partial charge in [0, 0.05) is 18.2 Å². The molecule has 2 aromatic rings. The SMILES string of the molecule is Cc1cc(Cl)ccc1N(CC(=O)NCCCOC(C)C)S(=O)(=O)c1ccccc1. The number of sulfonamides is 1. The second kappa shape index (κ2) is 10.6. The second-order valence-corrected chi connectivity index (χ2v) is 9.18. The van der Waals surface area contributed by atoms with E-state index in [2.05, 4.69) is 5.32 Å². The number of halogens is 1. The summed E-state index contributed by atoms with van der Waals surface area (Å²) in [6.45, 7) is 6.25. The summed E-state index contributed by atoms with van der Waals surface area (Å²) in [5.41, 5.74) is 1.08. The predicted octanol–water partition coefficient (Wildman–Crippen LogP) is 3.78. The summed E-state index contributed by atoms with van der Waals surface area (Å²) >= 11 is 6.02. The van der Waals surface area contributed by atoms with Crippen molar-refractivity contribution in [1.82, 2.24) is 5.32 Å². The minimum Gasteiger partial charge on any atom is -0.379 e. The fourth-order valence-electron chi connectivity index (χ4n) is 2.72. The average molecular weight is 439 g/mol. The van der Waals surface area contributed by atoms with Crippen molar-refractivity contribution in [3.63, 3.8) is 0 Å². The number of hydrogen-bond donors (Lipinski definition) is 1. The molecule has 0 aromatic heterocycles. The van der Waals surface area contributed by atoms with Gasteiger partial charge in [-0.05, 0) is 63.1 Å². The Kier molecular flexibility index (Phi) is 8.49. The van der Waals surface area contributed by atoms with Crippen molar-refractivity contribution in [3.8, 4) is 0 Å². The number of anilines is 1. The van der Waals surface area contributed by atoms with Gasteiger partial charge < -0.3 is 10.1 Å². The van der Waals surface area contributed by atoms with Crippen molar-refractivity contribution in [2.45, 2.75) is 38.2 Å². The molecule has 6 nitrogen and oxygen atoms in total. The van der Waals surface area contributed by atoms with Crippen LogP contribution in [0.4, 0.5) is 5.69 Å². The highest BCUT2D eigenvalue weighted by Crippen LogP contribution is 2.28. The summed E-state index contributed by atoms with van der Waals surface area (Å²) in [7, 11) is -3.93. The zero-order valence-electron chi connectivity index (χ0n) is 16.9. The lowest BCUT2D eigenvalue weighted by molar-refractivity contribution is -0.119. The number of carbonyl (C=O) groups is 1. The number of hydrogen-bond acceptors (Lipinski definition) is 4. The summed E-state index contributed by atoms with van der Waals surface area (Å²) in [6, 6.07) is 12.9. The molecule has 2 rings (SSSR count). The van der Waals surface area contributed by atoms with Crippen molar-refractivity contribution in [1.29, 1.82) is 0 Å². The first-order valence-electron chi connectivity index (χ1n) is 9.44. The summed E-state index contributed by atoms with van der Waals surface area (Å²) in [6.07, 6.45) is 0.778. The van der Waals surface area contributed by atoms with Gasteiger partial charge in [-0.2, -0.15) is 0 Å². The van der Waals surface area contributed by atoms with E-state index in [9.17, 15) is 13.2 Å². The number of ether oxygens (including phenoxy) is 1. The summed E-state index contributed by atoms with van der Waals surface area (Å²) < 4.78 is 33.1. The normalized spacial score (nSPS) is 11.5. The van der Waals surface area contributed by atoms with E-state index < -0.39 is 10.0 Å². The van der Waals surface area contributed by atoms with E-state index in [-0.39, 0.29) is 23.5 Å². The van der Waals surface area contributed by atoms with Crippen LogP contribution < -0.4 is 9.62 Å². The first-order valence-corrected chi connectivity index (χ1v) is 11.3. The third-order valence-corrected chi connectivity index (χ3v) is 6.15. The lowest BCUT2D eigenvalue weighted by atomic mass is 10.2. The van der Waals surface area contributed by atoms with Gasteiger partial charge in [-0.1, -0.05) is 29.8 Å². The van der Waals surface area contributed by atoms with Crippen LogP contribution in [0.3, 0.4) is 0 Å². The Hall–Kier alpha value is -2.09. The maximum Gasteiger partial charge on any atom is 0.264 e. The van der Waals surface area contributed by atoms with E-state index in [0.29, 0.717) is 35.8 Å². The molecule has 0 aliphatic rings. The molecule has 158 valence electrons. The molecule has 0 spiro atoms. The zero-order valence-corrected chi connectivity index (χ0v) is 18.5. The fourth-order valence-corrected chi connectivity index (χ4v) is 4.46. The Balaban J connectivity index is 2.21.